The van der Waals surface area contributed by atoms with E-state index in [1.807, 2.05) is 31.3 Å². The quantitative estimate of drug-likeness (QED) is 0.776. The molecule has 1 aromatic rings. The van der Waals surface area contributed by atoms with Crippen molar-refractivity contribution in [3.63, 3.8) is 0 Å². The number of Topliss-reactive ketones (excluding diaryl/α,β-unsaturated/α-hetero) is 1. The highest BCUT2D eigenvalue weighted by Crippen LogP contribution is 2.37. The number of hydrogen-bond acceptors (Lipinski definition) is 4. The van der Waals surface area contributed by atoms with Gasteiger partial charge in [-0.2, -0.15) is 0 Å². The minimum atomic E-state index is -0.559. The second kappa shape index (κ2) is 9.38. The molecule has 0 aromatic heterocycles. The van der Waals surface area contributed by atoms with E-state index in [0.29, 0.717) is 11.4 Å². The third-order valence-corrected chi connectivity index (χ3v) is 5.00. The molecule has 23 heavy (non-hydrogen) atoms. The molecule has 1 heterocycles. The lowest BCUT2D eigenvalue weighted by molar-refractivity contribution is -0.127. The molecular formula is C18H28ClN3O. The summed E-state index contributed by atoms with van der Waals surface area (Å²) in [5.74, 6) is 0.259. The monoisotopic (exact) mass is 337 g/mol. The molecule has 2 aliphatic rings. The Kier molecular flexibility index (Phi) is 7.50. The number of hydrazine groups is 1. The maximum atomic E-state index is 12.2. The van der Waals surface area contributed by atoms with Crippen molar-refractivity contribution in [2.24, 2.45) is 0 Å². The lowest BCUT2D eigenvalue weighted by Crippen LogP contribution is -2.49. The van der Waals surface area contributed by atoms with E-state index in [1.54, 1.807) is 0 Å². The second-order valence-electron chi connectivity index (χ2n) is 6.18. The lowest BCUT2D eigenvalue weighted by Gasteiger charge is -2.36. The Morgan fingerprint density at radius 1 is 1.04 bits per heavy atom. The molecule has 1 saturated heterocycles. The molecule has 1 saturated carbocycles. The summed E-state index contributed by atoms with van der Waals surface area (Å²) in [7, 11) is 1.84. The van der Waals surface area contributed by atoms with Crippen molar-refractivity contribution in [3.8, 4) is 0 Å². The van der Waals surface area contributed by atoms with Crippen LogP contribution >= 0.6 is 11.6 Å². The zero-order valence-corrected chi connectivity index (χ0v) is 14.7. The molecule has 0 radical (unpaired) electrons. The first kappa shape index (κ1) is 18.4. The predicted molar refractivity (Wildman–Crippen MR) is 95.5 cm³/mol. The molecule has 1 unspecified atom stereocenters. The molecule has 2 fully saturated rings. The number of carbonyl (C=O) groups is 1. The molecular weight excluding hydrogens is 310 g/mol. The molecule has 0 amide bonds. The van der Waals surface area contributed by atoms with E-state index >= 15 is 0 Å². The van der Waals surface area contributed by atoms with Gasteiger partial charge in [-0.1, -0.05) is 42.6 Å². The minimum Gasteiger partial charge on any atom is -0.304 e. The number of halogens is 1. The number of rotatable bonds is 2. The fraction of sp³-hybridized carbons (Fsp3) is 0.611. The van der Waals surface area contributed by atoms with Crippen LogP contribution in [0.5, 0.6) is 0 Å². The van der Waals surface area contributed by atoms with Crippen LogP contribution in [-0.2, 0) is 10.3 Å². The Morgan fingerprint density at radius 2 is 1.74 bits per heavy atom. The zero-order chi connectivity index (χ0) is 16.5. The Labute approximate surface area is 144 Å². The summed E-state index contributed by atoms with van der Waals surface area (Å²) in [6, 6.07) is 7.62. The van der Waals surface area contributed by atoms with Gasteiger partial charge < -0.3 is 5.32 Å². The standard InChI is InChI=1S/C13H16ClNO.C5H12N2/c1-15-13(9-5-4-8-12(13)16)10-6-2-3-7-11(10)14;1-2-4-6-7-5-3-1/h2-3,6-7,15H,4-5,8-9H2,1H3;6-7H,1-5H2. The molecule has 5 heteroatoms. The van der Waals surface area contributed by atoms with E-state index in [0.717, 1.165) is 37.9 Å². The molecule has 1 aliphatic heterocycles. The Balaban J connectivity index is 0.000000229. The van der Waals surface area contributed by atoms with Gasteiger partial charge in [-0.3, -0.25) is 15.6 Å². The molecule has 4 nitrogen and oxygen atoms in total. The molecule has 0 bridgehead atoms. The van der Waals surface area contributed by atoms with Gasteiger partial charge in [0.15, 0.2) is 5.78 Å². The molecule has 128 valence electrons. The van der Waals surface area contributed by atoms with E-state index in [-0.39, 0.29) is 5.78 Å². The first-order valence-electron chi connectivity index (χ1n) is 8.63. The molecule has 3 N–H and O–H groups in total. The van der Waals surface area contributed by atoms with Crippen LogP contribution < -0.4 is 16.2 Å². The third kappa shape index (κ3) is 4.77. The van der Waals surface area contributed by atoms with Gasteiger partial charge in [-0.05, 0) is 44.4 Å². The Morgan fingerprint density at radius 3 is 2.35 bits per heavy atom. The van der Waals surface area contributed by atoms with E-state index in [9.17, 15) is 4.79 Å². The van der Waals surface area contributed by atoms with Crippen molar-refractivity contribution in [3.05, 3.63) is 34.9 Å². The number of likely N-dealkylation sites (N-methyl/N-ethyl adjacent to an activating group) is 1. The first-order chi connectivity index (χ1) is 11.2. The van der Waals surface area contributed by atoms with E-state index < -0.39 is 5.54 Å². The highest BCUT2D eigenvalue weighted by Gasteiger charge is 2.41. The van der Waals surface area contributed by atoms with Crippen molar-refractivity contribution in [1.29, 1.82) is 0 Å². The van der Waals surface area contributed by atoms with E-state index in [4.69, 9.17) is 11.6 Å². The molecule has 1 aliphatic carbocycles. The van der Waals surface area contributed by atoms with Gasteiger partial charge in [-0.15, -0.1) is 0 Å². The Bertz CT molecular complexity index is 489. The topological polar surface area (TPSA) is 53.2 Å². The highest BCUT2D eigenvalue weighted by molar-refractivity contribution is 6.31. The molecule has 3 rings (SSSR count). The summed E-state index contributed by atoms with van der Waals surface area (Å²) in [5.41, 5.74) is 6.56. The van der Waals surface area contributed by atoms with E-state index in [2.05, 4.69) is 16.2 Å². The zero-order valence-electron chi connectivity index (χ0n) is 14.0. The summed E-state index contributed by atoms with van der Waals surface area (Å²) >= 11 is 6.20. The van der Waals surface area contributed by atoms with Gasteiger partial charge in [0.1, 0.15) is 5.54 Å². The van der Waals surface area contributed by atoms with Gasteiger partial charge in [0.2, 0.25) is 0 Å². The summed E-state index contributed by atoms with van der Waals surface area (Å²) in [4.78, 5) is 12.2. The van der Waals surface area contributed by atoms with Crippen LogP contribution in [0.4, 0.5) is 0 Å². The average molecular weight is 338 g/mol. The van der Waals surface area contributed by atoms with Gasteiger partial charge in [0, 0.05) is 24.5 Å². The fourth-order valence-electron chi connectivity index (χ4n) is 3.30. The van der Waals surface area contributed by atoms with Crippen LogP contribution in [0, 0.1) is 0 Å². The number of ketones is 1. The minimum absolute atomic E-state index is 0.259. The van der Waals surface area contributed by atoms with Crippen molar-refractivity contribution in [1.82, 2.24) is 16.2 Å². The maximum absolute atomic E-state index is 12.2. The molecule has 1 atom stereocenters. The second-order valence-corrected chi connectivity index (χ2v) is 6.59. The van der Waals surface area contributed by atoms with Gasteiger partial charge in [0.25, 0.3) is 0 Å². The van der Waals surface area contributed by atoms with E-state index in [1.165, 1.54) is 19.3 Å². The van der Waals surface area contributed by atoms with Gasteiger partial charge in [0.05, 0.1) is 0 Å². The number of hydrogen-bond donors (Lipinski definition) is 3. The number of nitrogens with one attached hydrogen (secondary N) is 3. The number of carbonyl (C=O) groups excluding carboxylic acids is 1. The fourth-order valence-corrected chi connectivity index (χ4v) is 3.60. The largest absolute Gasteiger partial charge is 0.304 e. The van der Waals surface area contributed by atoms with Crippen molar-refractivity contribution in [2.45, 2.75) is 50.5 Å². The van der Waals surface area contributed by atoms with Crippen molar-refractivity contribution >= 4 is 17.4 Å². The molecule has 0 spiro atoms. The maximum Gasteiger partial charge on any atom is 0.157 e. The van der Waals surface area contributed by atoms with Crippen LogP contribution in [0.2, 0.25) is 5.02 Å². The lowest BCUT2D eigenvalue weighted by atomic mass is 9.75. The highest BCUT2D eigenvalue weighted by atomic mass is 35.5. The van der Waals surface area contributed by atoms with Crippen molar-refractivity contribution in [2.75, 3.05) is 20.1 Å². The predicted octanol–water partition coefficient (Wildman–Crippen LogP) is 3.16. The summed E-state index contributed by atoms with van der Waals surface area (Å²) in [5, 5.41) is 3.86. The van der Waals surface area contributed by atoms with Crippen LogP contribution in [0.3, 0.4) is 0 Å². The summed E-state index contributed by atoms with van der Waals surface area (Å²) in [6.45, 7) is 2.28. The smallest absolute Gasteiger partial charge is 0.157 e. The summed E-state index contributed by atoms with van der Waals surface area (Å²) < 4.78 is 0. The SMILES string of the molecule is C1CCNNCC1.CNC1(c2ccccc2Cl)CCCCC1=O. The number of benzene rings is 1. The van der Waals surface area contributed by atoms with Crippen LogP contribution in [0.25, 0.3) is 0 Å². The normalized spacial score (nSPS) is 25.2. The molecule has 1 aromatic carbocycles. The third-order valence-electron chi connectivity index (χ3n) is 4.67. The Hall–Kier alpha value is -0.940. The first-order valence-corrected chi connectivity index (χ1v) is 9.01. The average Bonchev–Trinajstić information content (AvgIpc) is 2.90. The van der Waals surface area contributed by atoms with Gasteiger partial charge in [-0.25, -0.2) is 0 Å². The van der Waals surface area contributed by atoms with Crippen LogP contribution in [0.15, 0.2) is 24.3 Å². The van der Waals surface area contributed by atoms with Crippen LogP contribution in [-0.4, -0.2) is 25.9 Å². The van der Waals surface area contributed by atoms with Crippen LogP contribution in [0.1, 0.15) is 50.5 Å². The van der Waals surface area contributed by atoms with Gasteiger partial charge >= 0.3 is 0 Å². The van der Waals surface area contributed by atoms with Crippen molar-refractivity contribution < 1.29 is 4.79 Å². The summed E-state index contributed by atoms with van der Waals surface area (Å²) in [6.07, 6.45) is 7.57.